The predicted molar refractivity (Wildman–Crippen MR) is 141 cm³/mol. The summed E-state index contributed by atoms with van der Waals surface area (Å²) in [6.07, 6.45) is 1.80. The van der Waals surface area contributed by atoms with E-state index >= 15 is 0 Å². The molecule has 2 aliphatic heterocycles. The molecule has 0 spiro atoms. The van der Waals surface area contributed by atoms with Crippen LogP contribution in [0.25, 0.3) is 0 Å². The fourth-order valence-electron chi connectivity index (χ4n) is 4.95. The Bertz CT molecular complexity index is 1200. The lowest BCUT2D eigenvalue weighted by atomic mass is 10.1. The van der Waals surface area contributed by atoms with Crippen LogP contribution in [0.2, 0.25) is 0 Å². The average molecular weight is 505 g/mol. The Morgan fingerprint density at radius 2 is 1.67 bits per heavy atom. The largest absolute Gasteiger partial charge is 0.368 e. The summed E-state index contributed by atoms with van der Waals surface area (Å²) in [7, 11) is 1.92. The molecule has 0 saturated carbocycles. The van der Waals surface area contributed by atoms with Crippen LogP contribution in [0.4, 0.5) is 5.69 Å². The van der Waals surface area contributed by atoms with E-state index < -0.39 is 0 Å². The molecule has 2 saturated heterocycles. The number of rotatable bonds is 6. The number of benzene rings is 2. The summed E-state index contributed by atoms with van der Waals surface area (Å²) in [5, 5.41) is 9.51. The normalized spacial score (nSPS) is 18.1. The van der Waals surface area contributed by atoms with Crippen molar-refractivity contribution in [3.63, 3.8) is 0 Å². The van der Waals surface area contributed by atoms with Crippen LogP contribution in [-0.4, -0.2) is 74.9 Å². The van der Waals surface area contributed by atoms with Gasteiger partial charge in [0.2, 0.25) is 5.91 Å². The van der Waals surface area contributed by atoms with Gasteiger partial charge in [0.15, 0.2) is 11.0 Å². The Morgan fingerprint density at radius 1 is 0.944 bits per heavy atom. The highest BCUT2D eigenvalue weighted by Crippen LogP contribution is 2.33. The number of thioether (sulfide) groups is 1. The maximum Gasteiger partial charge on any atom is 0.254 e. The number of aromatic nitrogens is 3. The lowest BCUT2D eigenvalue weighted by Gasteiger charge is -2.36. The van der Waals surface area contributed by atoms with Gasteiger partial charge in [-0.05, 0) is 44.0 Å². The molecule has 0 N–H and O–H groups in total. The summed E-state index contributed by atoms with van der Waals surface area (Å²) in [4.78, 5) is 32.2. The molecule has 1 atom stereocenters. The van der Waals surface area contributed by atoms with E-state index in [2.05, 4.69) is 27.2 Å². The minimum atomic E-state index is -0.104. The first-order chi connectivity index (χ1) is 17.5. The second kappa shape index (κ2) is 10.7. The van der Waals surface area contributed by atoms with Crippen molar-refractivity contribution in [3.05, 3.63) is 71.5 Å². The van der Waals surface area contributed by atoms with Gasteiger partial charge in [0.05, 0.1) is 11.8 Å². The third-order valence-corrected chi connectivity index (χ3v) is 8.06. The number of hydrogen-bond acceptors (Lipinski definition) is 6. The number of piperazine rings is 1. The molecule has 36 heavy (non-hydrogen) atoms. The zero-order chi connectivity index (χ0) is 25.1. The molecule has 0 bridgehead atoms. The standard InChI is InChI=1S/C27H32N6O2S/c1-20-10-12-21(13-11-20)26(35)33-14-6-9-23(33)25-28-29-27(30(25)2)36-19-24(34)32-17-15-31(16-18-32)22-7-4-3-5-8-22/h3-5,7-8,10-13,23H,6,9,14-19H2,1-2H3. The molecule has 2 amide bonds. The molecule has 8 nitrogen and oxygen atoms in total. The van der Waals surface area contributed by atoms with E-state index in [-0.39, 0.29) is 17.9 Å². The van der Waals surface area contributed by atoms with Gasteiger partial charge in [-0.25, -0.2) is 0 Å². The molecule has 2 aliphatic rings. The Morgan fingerprint density at radius 3 is 2.39 bits per heavy atom. The van der Waals surface area contributed by atoms with Crippen molar-refractivity contribution >= 4 is 29.3 Å². The van der Waals surface area contributed by atoms with Gasteiger partial charge >= 0.3 is 0 Å². The second-order valence-electron chi connectivity index (χ2n) is 9.41. The van der Waals surface area contributed by atoms with Crippen LogP contribution in [0.3, 0.4) is 0 Å². The van der Waals surface area contributed by atoms with E-state index in [1.54, 1.807) is 0 Å². The number of likely N-dealkylation sites (tertiary alicyclic amines) is 1. The van der Waals surface area contributed by atoms with E-state index in [1.807, 2.05) is 70.8 Å². The highest BCUT2D eigenvalue weighted by Gasteiger charge is 2.34. The second-order valence-corrected chi connectivity index (χ2v) is 10.4. The van der Waals surface area contributed by atoms with Crippen molar-refractivity contribution in [1.29, 1.82) is 0 Å². The van der Waals surface area contributed by atoms with Gasteiger partial charge in [0, 0.05) is 51.0 Å². The van der Waals surface area contributed by atoms with E-state index in [0.717, 1.165) is 50.4 Å². The molecule has 1 unspecified atom stereocenters. The van der Waals surface area contributed by atoms with Gasteiger partial charge in [-0.1, -0.05) is 47.7 Å². The van der Waals surface area contributed by atoms with Gasteiger partial charge in [-0.15, -0.1) is 10.2 Å². The van der Waals surface area contributed by atoms with Crippen LogP contribution < -0.4 is 4.90 Å². The molecule has 0 radical (unpaired) electrons. The molecule has 1 aromatic heterocycles. The molecule has 9 heteroatoms. The fraction of sp³-hybridized carbons (Fsp3) is 0.407. The first-order valence-electron chi connectivity index (χ1n) is 12.5. The summed E-state index contributed by atoms with van der Waals surface area (Å²) in [6.45, 7) is 5.83. The number of aryl methyl sites for hydroxylation is 1. The summed E-state index contributed by atoms with van der Waals surface area (Å²) in [6, 6.07) is 17.9. The van der Waals surface area contributed by atoms with E-state index in [1.165, 1.54) is 17.4 Å². The van der Waals surface area contributed by atoms with Crippen LogP contribution in [0.1, 0.15) is 40.6 Å². The van der Waals surface area contributed by atoms with Crippen LogP contribution in [-0.2, 0) is 11.8 Å². The maximum absolute atomic E-state index is 13.2. The molecule has 5 rings (SSSR count). The third kappa shape index (κ3) is 5.11. The fourth-order valence-corrected chi connectivity index (χ4v) is 5.77. The van der Waals surface area contributed by atoms with Crippen molar-refractivity contribution in [2.24, 2.45) is 7.05 Å². The molecular formula is C27H32N6O2S. The number of anilines is 1. The number of carbonyl (C=O) groups is 2. The Balaban J connectivity index is 1.18. The van der Waals surface area contributed by atoms with Crippen molar-refractivity contribution in [2.75, 3.05) is 43.4 Å². The van der Waals surface area contributed by atoms with Crippen LogP contribution in [0.15, 0.2) is 59.8 Å². The van der Waals surface area contributed by atoms with Gasteiger partial charge in [-0.3, -0.25) is 9.59 Å². The first kappa shape index (κ1) is 24.4. The van der Waals surface area contributed by atoms with Gasteiger partial charge in [0.25, 0.3) is 5.91 Å². The Labute approximate surface area is 216 Å². The van der Waals surface area contributed by atoms with Gasteiger partial charge in [-0.2, -0.15) is 0 Å². The van der Waals surface area contributed by atoms with Crippen molar-refractivity contribution < 1.29 is 9.59 Å². The molecule has 0 aliphatic carbocycles. The predicted octanol–water partition coefficient (Wildman–Crippen LogP) is 3.54. The SMILES string of the molecule is Cc1ccc(C(=O)N2CCCC2c2nnc(SCC(=O)N3CCN(c4ccccc4)CC3)n2C)cc1. The topological polar surface area (TPSA) is 74.6 Å². The number of carbonyl (C=O) groups excluding carboxylic acids is 2. The zero-order valence-corrected chi connectivity index (χ0v) is 21.7. The highest BCUT2D eigenvalue weighted by atomic mass is 32.2. The summed E-state index contributed by atoms with van der Waals surface area (Å²) in [5.74, 6) is 1.25. The van der Waals surface area contributed by atoms with Crippen molar-refractivity contribution in [3.8, 4) is 0 Å². The van der Waals surface area contributed by atoms with Crippen LogP contribution >= 0.6 is 11.8 Å². The average Bonchev–Trinajstić information content (AvgIpc) is 3.54. The minimum absolute atomic E-state index is 0.0273. The highest BCUT2D eigenvalue weighted by molar-refractivity contribution is 7.99. The summed E-state index contributed by atoms with van der Waals surface area (Å²) < 4.78 is 1.94. The lowest BCUT2D eigenvalue weighted by Crippen LogP contribution is -2.49. The molecule has 188 valence electrons. The third-order valence-electron chi connectivity index (χ3n) is 7.06. The smallest absolute Gasteiger partial charge is 0.254 e. The van der Waals surface area contributed by atoms with Gasteiger partial charge in [0.1, 0.15) is 0 Å². The Kier molecular flexibility index (Phi) is 7.27. The van der Waals surface area contributed by atoms with Gasteiger partial charge < -0.3 is 19.3 Å². The first-order valence-corrected chi connectivity index (χ1v) is 13.5. The monoisotopic (exact) mass is 504 g/mol. The molecule has 3 heterocycles. The van der Waals surface area contributed by atoms with E-state index in [0.29, 0.717) is 23.0 Å². The lowest BCUT2D eigenvalue weighted by molar-refractivity contribution is -0.128. The molecule has 2 aromatic carbocycles. The summed E-state index contributed by atoms with van der Waals surface area (Å²) >= 11 is 1.41. The molecular weight excluding hydrogens is 472 g/mol. The van der Waals surface area contributed by atoms with E-state index in [4.69, 9.17) is 0 Å². The number of amides is 2. The van der Waals surface area contributed by atoms with Crippen molar-refractivity contribution in [1.82, 2.24) is 24.6 Å². The minimum Gasteiger partial charge on any atom is -0.368 e. The zero-order valence-electron chi connectivity index (χ0n) is 20.8. The van der Waals surface area contributed by atoms with Crippen LogP contribution in [0, 0.1) is 6.92 Å². The van der Waals surface area contributed by atoms with Crippen molar-refractivity contribution in [2.45, 2.75) is 31.0 Å². The summed E-state index contributed by atoms with van der Waals surface area (Å²) in [5.41, 5.74) is 3.03. The number of para-hydroxylation sites is 1. The molecule has 3 aromatic rings. The molecule has 2 fully saturated rings. The number of nitrogens with zero attached hydrogens (tertiary/aromatic N) is 6. The Hall–Kier alpha value is -3.33. The van der Waals surface area contributed by atoms with E-state index in [9.17, 15) is 9.59 Å². The van der Waals surface area contributed by atoms with Crippen LogP contribution in [0.5, 0.6) is 0 Å². The quantitative estimate of drug-likeness (QED) is 0.478. The maximum atomic E-state index is 13.2. The number of hydrogen-bond donors (Lipinski definition) is 0.